The van der Waals surface area contributed by atoms with E-state index in [-0.39, 0.29) is 18.5 Å². The van der Waals surface area contributed by atoms with E-state index < -0.39 is 41.3 Å². The van der Waals surface area contributed by atoms with E-state index in [0.717, 1.165) is 6.07 Å². The van der Waals surface area contributed by atoms with Gasteiger partial charge in [-0.25, -0.2) is 13.6 Å². The number of halogens is 2. The lowest BCUT2D eigenvalue weighted by molar-refractivity contribution is -0.139. The van der Waals surface area contributed by atoms with E-state index in [9.17, 15) is 18.4 Å². The van der Waals surface area contributed by atoms with Gasteiger partial charge in [-0.1, -0.05) is 12.1 Å². The number of ether oxygens (including phenoxy) is 1. The molecule has 1 amide bonds. The Bertz CT molecular complexity index is 617. The Kier molecular flexibility index (Phi) is 7.29. The molecule has 0 saturated carbocycles. The average Bonchev–Trinajstić information content (AvgIpc) is 2.48. The van der Waals surface area contributed by atoms with E-state index in [2.05, 4.69) is 5.32 Å². The van der Waals surface area contributed by atoms with E-state index in [1.165, 1.54) is 12.1 Å². The van der Waals surface area contributed by atoms with Gasteiger partial charge >= 0.3 is 12.1 Å². The molecule has 4 N–H and O–H groups in total. The van der Waals surface area contributed by atoms with Crippen LogP contribution in [0.2, 0.25) is 0 Å². The van der Waals surface area contributed by atoms with Gasteiger partial charge in [-0.2, -0.15) is 0 Å². The molecule has 1 unspecified atom stereocenters. The van der Waals surface area contributed by atoms with Crippen molar-refractivity contribution in [1.29, 1.82) is 0 Å². The molecule has 1 aromatic rings. The van der Waals surface area contributed by atoms with Gasteiger partial charge in [0.05, 0.1) is 0 Å². The Balaban J connectivity index is 2.72. The van der Waals surface area contributed by atoms with Crippen molar-refractivity contribution in [2.75, 3.05) is 6.54 Å². The van der Waals surface area contributed by atoms with Crippen molar-refractivity contribution in [2.45, 2.75) is 51.2 Å². The van der Waals surface area contributed by atoms with Crippen molar-refractivity contribution >= 4 is 12.1 Å². The highest BCUT2D eigenvalue weighted by molar-refractivity contribution is 5.74. The summed E-state index contributed by atoms with van der Waals surface area (Å²) in [5.41, 5.74) is 4.91. The van der Waals surface area contributed by atoms with E-state index in [1.807, 2.05) is 0 Å². The minimum absolute atomic E-state index is 0.0906. The Morgan fingerprint density at radius 1 is 1.32 bits per heavy atom. The number of hydrogen-bond donors (Lipinski definition) is 3. The van der Waals surface area contributed by atoms with Gasteiger partial charge in [0, 0.05) is 12.5 Å². The Morgan fingerprint density at radius 3 is 2.52 bits per heavy atom. The summed E-state index contributed by atoms with van der Waals surface area (Å²) < 4.78 is 32.5. The topological polar surface area (TPSA) is 102 Å². The molecule has 140 valence electrons. The van der Waals surface area contributed by atoms with Gasteiger partial charge in [0.25, 0.3) is 0 Å². The van der Waals surface area contributed by atoms with Crippen molar-refractivity contribution < 1.29 is 28.2 Å². The summed E-state index contributed by atoms with van der Waals surface area (Å²) in [7, 11) is 0. The number of hydrogen-bond acceptors (Lipinski definition) is 4. The number of amides is 1. The molecule has 2 atom stereocenters. The number of carboxylic acids is 1. The normalized spacial score (nSPS) is 13.8. The molecule has 8 heteroatoms. The largest absolute Gasteiger partial charge is 0.480 e. The van der Waals surface area contributed by atoms with Crippen LogP contribution in [-0.4, -0.2) is 35.4 Å². The zero-order chi connectivity index (χ0) is 19.2. The highest BCUT2D eigenvalue weighted by Gasteiger charge is 2.28. The van der Waals surface area contributed by atoms with Crippen molar-refractivity contribution in [3.63, 3.8) is 0 Å². The molecule has 0 radical (unpaired) electrons. The van der Waals surface area contributed by atoms with Crippen molar-refractivity contribution in [3.05, 3.63) is 35.4 Å². The molecule has 0 aliphatic carbocycles. The smallest absolute Gasteiger partial charge is 0.407 e. The van der Waals surface area contributed by atoms with Gasteiger partial charge in [-0.05, 0) is 45.2 Å². The number of aliphatic carboxylic acids is 1. The maximum absolute atomic E-state index is 14.0. The maximum atomic E-state index is 14.0. The molecular formula is C17H24F2N2O4. The molecule has 1 rings (SSSR count). The van der Waals surface area contributed by atoms with Gasteiger partial charge in [0.2, 0.25) is 0 Å². The second-order valence-electron chi connectivity index (χ2n) is 6.68. The van der Waals surface area contributed by atoms with Crippen LogP contribution < -0.4 is 11.1 Å². The van der Waals surface area contributed by atoms with Gasteiger partial charge in [-0.15, -0.1) is 0 Å². The van der Waals surface area contributed by atoms with Crippen LogP contribution in [0.3, 0.4) is 0 Å². The van der Waals surface area contributed by atoms with Gasteiger partial charge in [0.1, 0.15) is 11.6 Å². The van der Waals surface area contributed by atoms with E-state index in [4.69, 9.17) is 15.6 Å². The first-order chi connectivity index (χ1) is 11.5. The second-order valence-corrected chi connectivity index (χ2v) is 6.68. The van der Waals surface area contributed by atoms with Gasteiger partial charge < -0.3 is 20.9 Å². The van der Waals surface area contributed by atoms with Crippen LogP contribution in [0.1, 0.15) is 45.1 Å². The fourth-order valence-electron chi connectivity index (χ4n) is 2.33. The Morgan fingerprint density at radius 2 is 1.96 bits per heavy atom. The summed E-state index contributed by atoms with van der Waals surface area (Å²) in [6.45, 7) is 5.36. The SMILES string of the molecule is CC(C)(C)OC(=O)NCCCC(c1cccc(F)c1F)[C@@H](N)C(=O)O. The molecule has 6 nitrogen and oxygen atoms in total. The van der Waals surface area contributed by atoms with Crippen LogP contribution in [0.15, 0.2) is 18.2 Å². The molecule has 25 heavy (non-hydrogen) atoms. The summed E-state index contributed by atoms with van der Waals surface area (Å²) in [6.07, 6.45) is -0.131. The number of nitrogens with two attached hydrogens (primary N) is 1. The quantitative estimate of drug-likeness (QED) is 0.651. The highest BCUT2D eigenvalue weighted by atomic mass is 19.2. The van der Waals surface area contributed by atoms with Gasteiger partial charge in [0.15, 0.2) is 11.6 Å². The number of benzene rings is 1. The lowest BCUT2D eigenvalue weighted by atomic mass is 9.87. The lowest BCUT2D eigenvalue weighted by Gasteiger charge is -2.22. The summed E-state index contributed by atoms with van der Waals surface area (Å²) in [4.78, 5) is 22.7. The minimum Gasteiger partial charge on any atom is -0.480 e. The van der Waals surface area contributed by atoms with E-state index >= 15 is 0 Å². The van der Waals surface area contributed by atoms with Gasteiger partial charge in [-0.3, -0.25) is 4.79 Å². The standard InChI is InChI=1S/C17H24F2N2O4/c1-17(2,3)25-16(24)21-9-5-7-11(14(20)15(22)23)10-6-4-8-12(18)13(10)19/h4,6,8,11,14H,5,7,9,20H2,1-3H3,(H,21,24)(H,22,23)/t11?,14-/m1/s1. The summed E-state index contributed by atoms with van der Waals surface area (Å²) in [6, 6.07) is 2.17. The first-order valence-corrected chi connectivity index (χ1v) is 7.92. The molecule has 0 aliphatic heterocycles. The maximum Gasteiger partial charge on any atom is 0.407 e. The molecular weight excluding hydrogens is 334 g/mol. The minimum atomic E-state index is -1.39. The highest BCUT2D eigenvalue weighted by Crippen LogP contribution is 2.28. The van der Waals surface area contributed by atoms with Crippen LogP contribution in [0.4, 0.5) is 13.6 Å². The Labute approximate surface area is 145 Å². The molecule has 0 fully saturated rings. The number of carbonyl (C=O) groups excluding carboxylic acids is 1. The first-order valence-electron chi connectivity index (χ1n) is 7.92. The monoisotopic (exact) mass is 358 g/mol. The number of carbonyl (C=O) groups is 2. The Hall–Kier alpha value is -2.22. The zero-order valence-electron chi connectivity index (χ0n) is 14.5. The third-order valence-electron chi connectivity index (χ3n) is 3.46. The van der Waals surface area contributed by atoms with Crippen LogP contribution in [-0.2, 0) is 9.53 Å². The molecule has 0 heterocycles. The number of carboxylic acid groups (broad SMARTS) is 1. The van der Waals surface area contributed by atoms with Crippen LogP contribution in [0.5, 0.6) is 0 Å². The number of nitrogens with one attached hydrogen (secondary N) is 1. The van der Waals surface area contributed by atoms with Crippen LogP contribution in [0.25, 0.3) is 0 Å². The average molecular weight is 358 g/mol. The molecule has 0 aromatic heterocycles. The number of rotatable bonds is 7. The first kappa shape index (κ1) is 20.8. The van der Waals surface area contributed by atoms with E-state index in [0.29, 0.717) is 6.42 Å². The van der Waals surface area contributed by atoms with E-state index in [1.54, 1.807) is 20.8 Å². The third-order valence-corrected chi connectivity index (χ3v) is 3.46. The predicted molar refractivity (Wildman–Crippen MR) is 88.2 cm³/mol. The molecule has 1 aromatic carbocycles. The number of alkyl carbamates (subject to hydrolysis) is 1. The summed E-state index contributed by atoms with van der Waals surface area (Å²) in [5, 5.41) is 11.6. The molecule has 0 bridgehead atoms. The lowest BCUT2D eigenvalue weighted by Crippen LogP contribution is -2.38. The summed E-state index contributed by atoms with van der Waals surface area (Å²) in [5.74, 6) is -4.40. The third kappa shape index (κ3) is 6.66. The molecule has 0 aliphatic rings. The fraction of sp³-hybridized carbons (Fsp3) is 0.529. The van der Waals surface area contributed by atoms with Crippen LogP contribution in [0, 0.1) is 11.6 Å². The molecule has 0 spiro atoms. The summed E-state index contributed by atoms with van der Waals surface area (Å²) >= 11 is 0. The van der Waals surface area contributed by atoms with Crippen LogP contribution >= 0.6 is 0 Å². The van der Waals surface area contributed by atoms with Crippen molar-refractivity contribution in [3.8, 4) is 0 Å². The zero-order valence-corrected chi connectivity index (χ0v) is 14.5. The molecule has 0 saturated heterocycles. The van der Waals surface area contributed by atoms with Crippen molar-refractivity contribution in [2.24, 2.45) is 5.73 Å². The van der Waals surface area contributed by atoms with Crippen molar-refractivity contribution in [1.82, 2.24) is 5.32 Å². The second kappa shape index (κ2) is 8.75. The predicted octanol–water partition coefficient (Wildman–Crippen LogP) is 2.77. The fourth-order valence-corrected chi connectivity index (χ4v) is 2.33.